The number of nitrogen functional groups attached to an aromatic ring is 1. The van der Waals surface area contributed by atoms with Crippen molar-refractivity contribution in [3.63, 3.8) is 0 Å². The molecule has 0 atom stereocenters. The lowest BCUT2D eigenvalue weighted by molar-refractivity contribution is -0.120. The minimum atomic E-state index is -3.85. The molecule has 110 valence electrons. The van der Waals surface area contributed by atoms with Gasteiger partial charge >= 0.3 is 0 Å². The molecule has 1 heterocycles. The zero-order valence-corrected chi connectivity index (χ0v) is 11.8. The highest BCUT2D eigenvalue weighted by Gasteiger charge is 2.27. The largest absolute Gasteiger partial charge is 0.398 e. The molecule has 0 saturated carbocycles. The fourth-order valence-electron chi connectivity index (χ4n) is 1.96. The van der Waals surface area contributed by atoms with Crippen LogP contribution in [0, 0.1) is 12.7 Å². The van der Waals surface area contributed by atoms with Gasteiger partial charge in [-0.2, -0.15) is 4.31 Å². The molecular formula is C12H16FN3O3S. The Hall–Kier alpha value is -1.67. The molecule has 20 heavy (non-hydrogen) atoms. The number of nitrogens with two attached hydrogens (primary N) is 1. The third-order valence-electron chi connectivity index (χ3n) is 3.27. The number of sulfonamides is 1. The highest BCUT2D eigenvalue weighted by Crippen LogP contribution is 2.24. The zero-order chi connectivity index (χ0) is 14.9. The van der Waals surface area contributed by atoms with Gasteiger partial charge in [-0.15, -0.1) is 0 Å². The number of carbonyl (C=O) groups is 1. The summed E-state index contributed by atoms with van der Waals surface area (Å²) in [5.41, 5.74) is 5.92. The minimum absolute atomic E-state index is 0.0730. The summed E-state index contributed by atoms with van der Waals surface area (Å²) < 4.78 is 39.7. The summed E-state index contributed by atoms with van der Waals surface area (Å²) in [6.07, 6.45) is 0.0864. The molecule has 1 aliphatic rings. The van der Waals surface area contributed by atoms with E-state index in [0.29, 0.717) is 0 Å². The summed E-state index contributed by atoms with van der Waals surface area (Å²) in [6, 6.07) is 2.20. The van der Waals surface area contributed by atoms with Crippen LogP contribution in [0.15, 0.2) is 17.0 Å². The van der Waals surface area contributed by atoms with E-state index in [4.69, 9.17) is 5.73 Å². The number of hydrogen-bond donors (Lipinski definition) is 2. The Labute approximate surface area is 116 Å². The van der Waals surface area contributed by atoms with Gasteiger partial charge in [0, 0.05) is 37.3 Å². The molecule has 8 heteroatoms. The highest BCUT2D eigenvalue weighted by molar-refractivity contribution is 7.89. The maximum absolute atomic E-state index is 13.7. The third-order valence-corrected chi connectivity index (χ3v) is 5.14. The van der Waals surface area contributed by atoms with Crippen LogP contribution in [0.5, 0.6) is 0 Å². The Morgan fingerprint density at radius 2 is 2.05 bits per heavy atom. The van der Waals surface area contributed by atoms with Crippen molar-refractivity contribution in [1.29, 1.82) is 0 Å². The van der Waals surface area contributed by atoms with Crippen LogP contribution in [0.25, 0.3) is 0 Å². The average Bonchev–Trinajstić information content (AvgIpc) is 2.60. The standard InChI is InChI=1S/C12H16FN3O3S/c1-8-10(13)6-9(7-11(8)14)20(18,19)16-4-2-12(17)15-3-5-16/h6-7H,2-5,14H2,1H3,(H,15,17). The monoisotopic (exact) mass is 301 g/mol. The van der Waals surface area contributed by atoms with Crippen LogP contribution in [0.1, 0.15) is 12.0 Å². The van der Waals surface area contributed by atoms with E-state index < -0.39 is 15.8 Å². The first-order valence-corrected chi connectivity index (χ1v) is 7.59. The van der Waals surface area contributed by atoms with Gasteiger partial charge in [0.15, 0.2) is 0 Å². The lowest BCUT2D eigenvalue weighted by Crippen LogP contribution is -2.34. The Kier molecular flexibility index (Phi) is 3.96. The Bertz CT molecular complexity index is 622. The van der Waals surface area contributed by atoms with Gasteiger partial charge in [-0.05, 0) is 19.1 Å². The van der Waals surface area contributed by atoms with Crippen LogP contribution in [0.2, 0.25) is 0 Å². The molecule has 2 rings (SSSR count). The maximum Gasteiger partial charge on any atom is 0.243 e. The van der Waals surface area contributed by atoms with Gasteiger partial charge in [0.25, 0.3) is 0 Å². The van der Waals surface area contributed by atoms with E-state index in [2.05, 4.69) is 5.32 Å². The number of carbonyl (C=O) groups excluding carboxylic acids is 1. The van der Waals surface area contributed by atoms with Crippen molar-refractivity contribution in [3.05, 3.63) is 23.5 Å². The summed E-state index contributed by atoms with van der Waals surface area (Å²) in [4.78, 5) is 11.0. The first-order valence-electron chi connectivity index (χ1n) is 6.15. The van der Waals surface area contributed by atoms with Crippen LogP contribution in [-0.2, 0) is 14.8 Å². The van der Waals surface area contributed by atoms with Crippen LogP contribution < -0.4 is 11.1 Å². The second-order valence-electron chi connectivity index (χ2n) is 4.62. The molecule has 1 saturated heterocycles. The van der Waals surface area contributed by atoms with Crippen LogP contribution in [0.4, 0.5) is 10.1 Å². The average molecular weight is 301 g/mol. The van der Waals surface area contributed by atoms with Crippen molar-refractivity contribution < 1.29 is 17.6 Å². The Balaban J connectivity index is 2.37. The Morgan fingerprint density at radius 1 is 1.35 bits per heavy atom. The van der Waals surface area contributed by atoms with Crippen molar-refractivity contribution in [1.82, 2.24) is 9.62 Å². The number of nitrogens with zero attached hydrogens (tertiary/aromatic N) is 1. The predicted molar refractivity (Wildman–Crippen MR) is 71.9 cm³/mol. The van der Waals surface area contributed by atoms with E-state index in [1.54, 1.807) is 0 Å². The minimum Gasteiger partial charge on any atom is -0.398 e. The number of amides is 1. The van der Waals surface area contributed by atoms with Crippen molar-refractivity contribution in [2.24, 2.45) is 0 Å². The molecule has 0 bridgehead atoms. The van der Waals surface area contributed by atoms with Gasteiger partial charge in [0.2, 0.25) is 15.9 Å². The molecule has 0 radical (unpaired) electrons. The molecule has 0 spiro atoms. The van der Waals surface area contributed by atoms with Crippen LogP contribution in [0.3, 0.4) is 0 Å². The van der Waals surface area contributed by atoms with Crippen molar-refractivity contribution in [2.75, 3.05) is 25.4 Å². The van der Waals surface area contributed by atoms with Gasteiger partial charge in [0.05, 0.1) is 4.90 Å². The molecule has 0 unspecified atom stereocenters. The third kappa shape index (κ3) is 2.75. The SMILES string of the molecule is Cc1c(N)cc(S(=O)(=O)N2CCNC(=O)CC2)cc1F. The molecule has 0 aromatic heterocycles. The van der Waals surface area contributed by atoms with Gasteiger partial charge in [0.1, 0.15) is 5.82 Å². The molecule has 1 aromatic carbocycles. The maximum atomic E-state index is 13.7. The van der Waals surface area contributed by atoms with Gasteiger partial charge < -0.3 is 11.1 Å². The Morgan fingerprint density at radius 3 is 2.70 bits per heavy atom. The quantitative estimate of drug-likeness (QED) is 0.765. The summed E-state index contributed by atoms with van der Waals surface area (Å²) in [5.74, 6) is -0.857. The molecule has 1 aliphatic heterocycles. The van der Waals surface area contributed by atoms with Gasteiger partial charge in [-0.1, -0.05) is 0 Å². The van der Waals surface area contributed by atoms with E-state index >= 15 is 0 Å². The van der Waals surface area contributed by atoms with E-state index in [9.17, 15) is 17.6 Å². The zero-order valence-electron chi connectivity index (χ0n) is 11.0. The highest BCUT2D eigenvalue weighted by atomic mass is 32.2. The van der Waals surface area contributed by atoms with Crippen LogP contribution in [-0.4, -0.2) is 38.3 Å². The number of benzene rings is 1. The second kappa shape index (κ2) is 5.37. The number of nitrogens with one attached hydrogen (secondary N) is 1. The van der Waals surface area contributed by atoms with Crippen molar-refractivity contribution in [3.8, 4) is 0 Å². The lowest BCUT2D eigenvalue weighted by Gasteiger charge is -2.19. The molecular weight excluding hydrogens is 285 g/mol. The fourth-order valence-corrected chi connectivity index (χ4v) is 3.45. The predicted octanol–water partition coefficient (Wildman–Crippen LogP) is 0.227. The van der Waals surface area contributed by atoms with E-state index in [0.717, 1.165) is 10.4 Å². The normalized spacial score (nSPS) is 17.6. The lowest BCUT2D eigenvalue weighted by atomic mass is 10.2. The molecule has 6 nitrogen and oxygen atoms in total. The molecule has 1 amide bonds. The number of hydrogen-bond acceptors (Lipinski definition) is 4. The second-order valence-corrected chi connectivity index (χ2v) is 6.56. The smallest absolute Gasteiger partial charge is 0.243 e. The van der Waals surface area contributed by atoms with E-state index in [1.165, 1.54) is 13.0 Å². The fraction of sp³-hybridized carbons (Fsp3) is 0.417. The summed E-state index contributed by atoms with van der Waals surface area (Å²) in [5, 5.41) is 2.59. The summed E-state index contributed by atoms with van der Waals surface area (Å²) in [7, 11) is -3.85. The van der Waals surface area contributed by atoms with E-state index in [-0.39, 0.29) is 48.1 Å². The molecule has 1 fully saturated rings. The van der Waals surface area contributed by atoms with E-state index in [1.807, 2.05) is 0 Å². The van der Waals surface area contributed by atoms with Gasteiger partial charge in [-0.25, -0.2) is 12.8 Å². The number of halogens is 1. The molecule has 0 aliphatic carbocycles. The number of anilines is 1. The molecule has 1 aromatic rings. The van der Waals surface area contributed by atoms with Crippen molar-refractivity contribution in [2.45, 2.75) is 18.2 Å². The summed E-state index contributed by atoms with van der Waals surface area (Å²) in [6.45, 7) is 1.95. The van der Waals surface area contributed by atoms with Crippen LogP contribution >= 0.6 is 0 Å². The first kappa shape index (κ1) is 14.7. The number of rotatable bonds is 2. The van der Waals surface area contributed by atoms with Crippen molar-refractivity contribution >= 4 is 21.6 Å². The summed E-state index contributed by atoms with van der Waals surface area (Å²) >= 11 is 0. The van der Waals surface area contributed by atoms with Gasteiger partial charge in [-0.3, -0.25) is 4.79 Å². The topological polar surface area (TPSA) is 92.5 Å². The first-order chi connectivity index (χ1) is 9.32. The molecule has 3 N–H and O–H groups in total.